The quantitative estimate of drug-likeness (QED) is 0.467. The number of rotatable bonds is 7. The summed E-state index contributed by atoms with van der Waals surface area (Å²) in [7, 11) is 0. The fourth-order valence-corrected chi connectivity index (χ4v) is 7.92. The Morgan fingerprint density at radius 3 is 2.83 bits per heavy atom. The van der Waals surface area contributed by atoms with Crippen LogP contribution in [0.15, 0.2) is 42.6 Å². The van der Waals surface area contributed by atoms with E-state index in [0.717, 1.165) is 49.8 Å². The average Bonchev–Trinajstić information content (AvgIpc) is 3.66. The molecule has 4 heterocycles. The van der Waals surface area contributed by atoms with E-state index in [2.05, 4.69) is 58.1 Å². The maximum absolute atomic E-state index is 12.5. The molecule has 5 aliphatic rings. The second-order valence-corrected chi connectivity index (χ2v) is 11.8. The molecule has 6 heteroatoms. The van der Waals surface area contributed by atoms with E-state index in [0.29, 0.717) is 18.0 Å². The van der Waals surface area contributed by atoms with Crippen molar-refractivity contribution in [3.63, 3.8) is 0 Å². The molecule has 1 saturated heterocycles. The van der Waals surface area contributed by atoms with Crippen molar-refractivity contribution in [1.29, 1.82) is 0 Å². The van der Waals surface area contributed by atoms with Gasteiger partial charge in [0.15, 0.2) is 0 Å². The van der Waals surface area contributed by atoms with Gasteiger partial charge in [-0.1, -0.05) is 18.2 Å². The predicted molar refractivity (Wildman–Crippen MR) is 140 cm³/mol. The molecule has 8 rings (SSSR count). The van der Waals surface area contributed by atoms with Crippen molar-refractivity contribution in [3.8, 4) is 5.75 Å². The molecule has 2 aromatic heterocycles. The Hall–Kier alpha value is -2.44. The molecule has 36 heavy (non-hydrogen) atoms. The number of H-pyrrole nitrogens is 1. The Bertz CT molecular complexity index is 1230. The number of likely N-dealkylation sites (tertiary alicyclic amines) is 1. The van der Waals surface area contributed by atoms with Gasteiger partial charge in [-0.2, -0.15) is 0 Å². The van der Waals surface area contributed by atoms with Crippen molar-refractivity contribution in [1.82, 2.24) is 19.8 Å². The first-order chi connectivity index (χ1) is 17.6. The van der Waals surface area contributed by atoms with E-state index in [1.165, 1.54) is 47.8 Å². The maximum Gasteiger partial charge on any atom is 0.138 e. The number of aromatic amines is 1. The van der Waals surface area contributed by atoms with Gasteiger partial charge in [-0.05, 0) is 81.5 Å². The summed E-state index contributed by atoms with van der Waals surface area (Å²) < 4.78 is 18.8. The number of hydrogen-bond donors (Lipinski definition) is 1. The van der Waals surface area contributed by atoms with E-state index in [4.69, 9.17) is 9.72 Å². The van der Waals surface area contributed by atoms with Crippen molar-refractivity contribution in [2.24, 2.45) is 5.92 Å². The van der Waals surface area contributed by atoms with Gasteiger partial charge in [-0.3, -0.25) is 19.2 Å². The van der Waals surface area contributed by atoms with Crippen LogP contribution in [0.3, 0.4) is 0 Å². The molecule has 1 aromatic carbocycles. The van der Waals surface area contributed by atoms with Gasteiger partial charge in [-0.15, -0.1) is 0 Å². The van der Waals surface area contributed by atoms with Crippen LogP contribution in [-0.4, -0.2) is 63.8 Å². The third-order valence-corrected chi connectivity index (χ3v) is 9.45. The molecular weight excluding hydrogens is 451 g/mol. The zero-order valence-corrected chi connectivity index (χ0v) is 21.3. The Balaban J connectivity index is 1.19. The lowest BCUT2D eigenvalue weighted by Crippen LogP contribution is -2.59. The number of benzene rings is 1. The Morgan fingerprint density at radius 2 is 2.06 bits per heavy atom. The summed E-state index contributed by atoms with van der Waals surface area (Å²) in [6, 6.07) is 13.7. The highest BCUT2D eigenvalue weighted by molar-refractivity contribution is 5.85. The van der Waals surface area contributed by atoms with Crippen LogP contribution < -0.4 is 4.74 Å². The molecule has 3 aromatic rings. The number of hydrogen-bond acceptors (Lipinski definition) is 4. The van der Waals surface area contributed by atoms with E-state index >= 15 is 0 Å². The summed E-state index contributed by atoms with van der Waals surface area (Å²) in [5, 5.41) is 1.36. The smallest absolute Gasteiger partial charge is 0.138 e. The van der Waals surface area contributed by atoms with Crippen LogP contribution in [0.5, 0.6) is 5.75 Å². The molecule has 0 unspecified atom stereocenters. The van der Waals surface area contributed by atoms with Crippen LogP contribution in [0.25, 0.3) is 10.9 Å². The minimum Gasteiger partial charge on any atom is -0.487 e. The van der Waals surface area contributed by atoms with Gasteiger partial charge in [0, 0.05) is 47.8 Å². The number of halogens is 1. The van der Waals surface area contributed by atoms with Gasteiger partial charge in [0.05, 0.1) is 24.6 Å². The first-order valence-electron chi connectivity index (χ1n) is 13.9. The minimum atomic E-state index is -0.246. The number of nitrogens with one attached hydrogen (secondary N) is 1. The molecule has 4 fully saturated rings. The molecule has 0 spiro atoms. The van der Waals surface area contributed by atoms with Crippen LogP contribution in [0.2, 0.25) is 0 Å². The molecule has 2 aliphatic heterocycles. The number of alkyl halides is 1. The fourth-order valence-electron chi connectivity index (χ4n) is 7.92. The van der Waals surface area contributed by atoms with Crippen molar-refractivity contribution in [2.75, 3.05) is 26.3 Å². The standard InChI is InChI=1S/C30H37FN4O/c1-20-15-25-24-5-2-3-6-26(24)33-28(25)29(35(20)30-11-9-21(16-30)17-30)27-8-7-22(18-32-27)36-23-10-14-34(19-23)13-4-12-31/h2-3,5-8,18,20-21,23,29,33H,4,9-17,19H2,1H3/t20-,21?,23-,29-,30?/m1/s1. The second-order valence-electron chi connectivity index (χ2n) is 11.8. The summed E-state index contributed by atoms with van der Waals surface area (Å²) in [5.41, 5.74) is 5.47. The van der Waals surface area contributed by atoms with Crippen LogP contribution in [-0.2, 0) is 6.42 Å². The highest BCUT2D eigenvalue weighted by Gasteiger charge is 2.58. The number of ether oxygens (including phenoxy) is 1. The first kappa shape index (κ1) is 22.7. The van der Waals surface area contributed by atoms with Crippen LogP contribution in [0.1, 0.15) is 68.4 Å². The van der Waals surface area contributed by atoms with E-state index in [1.807, 2.05) is 6.20 Å². The Morgan fingerprint density at radius 1 is 1.17 bits per heavy atom. The number of pyridine rings is 1. The molecule has 3 saturated carbocycles. The SMILES string of the molecule is C[C@@H]1Cc2c([nH]c3ccccc23)[C@@H](c2ccc(O[C@@H]3CCN(CCCF)C3)cn2)N1C12CCC(C1)C2. The predicted octanol–water partition coefficient (Wildman–Crippen LogP) is 5.65. The number of para-hydroxylation sites is 1. The summed E-state index contributed by atoms with van der Waals surface area (Å²) >= 11 is 0. The fraction of sp³-hybridized carbons (Fsp3) is 0.567. The summed E-state index contributed by atoms with van der Waals surface area (Å²) in [6.07, 6.45) is 10.1. The highest BCUT2D eigenvalue weighted by atomic mass is 19.1. The third-order valence-electron chi connectivity index (χ3n) is 9.45. The largest absolute Gasteiger partial charge is 0.487 e. The van der Waals surface area contributed by atoms with Gasteiger partial charge in [0.1, 0.15) is 11.9 Å². The molecule has 3 aliphatic carbocycles. The van der Waals surface area contributed by atoms with Crippen LogP contribution >= 0.6 is 0 Å². The molecule has 0 radical (unpaired) electrons. The van der Waals surface area contributed by atoms with E-state index in [-0.39, 0.29) is 18.8 Å². The maximum atomic E-state index is 12.5. The van der Waals surface area contributed by atoms with Crippen LogP contribution in [0.4, 0.5) is 4.39 Å². The second kappa shape index (κ2) is 8.84. The molecule has 190 valence electrons. The Labute approximate surface area is 213 Å². The van der Waals surface area contributed by atoms with Crippen molar-refractivity contribution >= 4 is 10.9 Å². The zero-order valence-electron chi connectivity index (χ0n) is 21.3. The summed E-state index contributed by atoms with van der Waals surface area (Å²) in [5.74, 6) is 1.76. The number of aromatic nitrogens is 2. The molecule has 0 amide bonds. The highest BCUT2D eigenvalue weighted by Crippen LogP contribution is 2.60. The average molecular weight is 489 g/mol. The van der Waals surface area contributed by atoms with Gasteiger partial charge >= 0.3 is 0 Å². The zero-order chi connectivity index (χ0) is 24.3. The van der Waals surface area contributed by atoms with E-state index in [9.17, 15) is 4.39 Å². The molecule has 1 N–H and O–H groups in total. The molecular formula is C30H37FN4O. The first-order valence-corrected chi connectivity index (χ1v) is 13.9. The van der Waals surface area contributed by atoms with E-state index < -0.39 is 0 Å². The van der Waals surface area contributed by atoms with Gasteiger partial charge < -0.3 is 9.72 Å². The normalized spacial score (nSPS) is 32.1. The van der Waals surface area contributed by atoms with E-state index in [1.54, 1.807) is 0 Å². The lowest BCUT2D eigenvalue weighted by Gasteiger charge is -2.55. The third kappa shape index (κ3) is 3.67. The van der Waals surface area contributed by atoms with Gasteiger partial charge in [0.25, 0.3) is 0 Å². The summed E-state index contributed by atoms with van der Waals surface area (Å²) in [6.45, 7) is 4.85. The molecule has 3 atom stereocenters. The van der Waals surface area contributed by atoms with Crippen molar-refractivity contribution in [3.05, 3.63) is 59.5 Å². The number of fused-ring (bicyclic) bond motifs is 4. The van der Waals surface area contributed by atoms with Gasteiger partial charge in [0.2, 0.25) is 0 Å². The Kier molecular flexibility index (Phi) is 5.58. The number of nitrogens with zero attached hydrogens (tertiary/aromatic N) is 3. The lowest BCUT2D eigenvalue weighted by molar-refractivity contribution is -0.0350. The minimum absolute atomic E-state index is 0.145. The van der Waals surface area contributed by atoms with Crippen LogP contribution in [0, 0.1) is 5.92 Å². The van der Waals surface area contributed by atoms with Gasteiger partial charge in [-0.25, -0.2) is 0 Å². The topological polar surface area (TPSA) is 44.4 Å². The monoisotopic (exact) mass is 488 g/mol. The summed E-state index contributed by atoms with van der Waals surface area (Å²) in [4.78, 5) is 14.0. The molecule has 5 nitrogen and oxygen atoms in total. The van der Waals surface area contributed by atoms with Crippen molar-refractivity contribution in [2.45, 2.75) is 75.6 Å². The lowest BCUT2D eigenvalue weighted by atomic mass is 9.72. The molecule has 2 bridgehead atoms. The van der Waals surface area contributed by atoms with Crippen molar-refractivity contribution < 1.29 is 9.13 Å².